The van der Waals surface area contributed by atoms with E-state index in [4.69, 9.17) is 4.74 Å². The van der Waals surface area contributed by atoms with Crippen molar-refractivity contribution < 1.29 is 14.6 Å². The summed E-state index contributed by atoms with van der Waals surface area (Å²) >= 11 is 3.49. The molecule has 0 bridgehead atoms. The van der Waals surface area contributed by atoms with E-state index in [0.717, 1.165) is 34.2 Å². The van der Waals surface area contributed by atoms with Crippen LogP contribution in [0.5, 0.6) is 11.5 Å². The summed E-state index contributed by atoms with van der Waals surface area (Å²) in [5.74, 6) is 0.244. The zero-order chi connectivity index (χ0) is 21.1. The number of carboxylic acids is 1. The Bertz CT molecular complexity index is 1120. The second kappa shape index (κ2) is 8.33. The van der Waals surface area contributed by atoms with Crippen LogP contribution < -0.4 is 4.74 Å². The molecule has 30 heavy (non-hydrogen) atoms. The number of carboxylic acid groups (broad SMARTS) is 1. The minimum atomic E-state index is -1.51. The van der Waals surface area contributed by atoms with Gasteiger partial charge in [-0.1, -0.05) is 52.3 Å². The summed E-state index contributed by atoms with van der Waals surface area (Å²) in [5.41, 5.74) is 0.888. The van der Waals surface area contributed by atoms with E-state index in [0.29, 0.717) is 17.7 Å². The molecule has 4 rings (SSSR count). The van der Waals surface area contributed by atoms with E-state index in [1.807, 2.05) is 66.7 Å². The van der Waals surface area contributed by atoms with E-state index in [1.165, 1.54) is 0 Å². The van der Waals surface area contributed by atoms with Crippen LogP contribution >= 0.6 is 15.9 Å². The highest BCUT2D eigenvalue weighted by atomic mass is 79.9. The van der Waals surface area contributed by atoms with Gasteiger partial charge in [0.15, 0.2) is 5.41 Å². The maximum absolute atomic E-state index is 12.2. The number of hydrogen-bond acceptors (Lipinski definition) is 3. The van der Waals surface area contributed by atoms with Gasteiger partial charge in [-0.05, 0) is 78.3 Å². The Balaban J connectivity index is 1.69. The van der Waals surface area contributed by atoms with Gasteiger partial charge in [-0.25, -0.2) is 0 Å². The van der Waals surface area contributed by atoms with E-state index < -0.39 is 11.4 Å². The number of hydrogen-bond donors (Lipinski definition) is 1. The molecule has 1 atom stereocenters. The van der Waals surface area contributed by atoms with Gasteiger partial charge in [0.2, 0.25) is 0 Å². The highest BCUT2D eigenvalue weighted by Crippen LogP contribution is 2.49. The Morgan fingerprint density at radius 3 is 2.47 bits per heavy atom. The van der Waals surface area contributed by atoms with Crippen LogP contribution in [0.3, 0.4) is 0 Å². The zero-order valence-corrected chi connectivity index (χ0v) is 17.8. The standard InChI is InChI=1S/C25H20BrNO3/c26-20-11-12-23(25(16-27,24(28)29)19-9-10-19)18(15-20)13-17-5-4-8-22(14-17)30-21-6-2-1-3-7-21/h1-8,11-12,14-15,19H,9-10,13H2,(H,28,29). The zero-order valence-electron chi connectivity index (χ0n) is 16.2. The van der Waals surface area contributed by atoms with Gasteiger partial charge in [-0.2, -0.15) is 5.26 Å². The Morgan fingerprint density at radius 1 is 1.07 bits per heavy atom. The molecule has 0 heterocycles. The first-order chi connectivity index (χ1) is 14.5. The highest BCUT2D eigenvalue weighted by Gasteiger charge is 2.54. The average molecular weight is 462 g/mol. The molecule has 0 aliphatic heterocycles. The van der Waals surface area contributed by atoms with Crippen LogP contribution in [0.4, 0.5) is 0 Å². The van der Waals surface area contributed by atoms with Gasteiger partial charge in [-0.15, -0.1) is 0 Å². The Hall–Kier alpha value is -3.10. The molecule has 1 fully saturated rings. The van der Waals surface area contributed by atoms with E-state index in [9.17, 15) is 15.2 Å². The fourth-order valence-electron chi connectivity index (χ4n) is 3.88. The second-order valence-electron chi connectivity index (χ2n) is 7.54. The third kappa shape index (κ3) is 3.96. The number of nitriles is 1. The number of ether oxygens (including phenoxy) is 1. The third-order valence-corrected chi connectivity index (χ3v) is 5.96. The first-order valence-corrected chi connectivity index (χ1v) is 10.6. The number of aliphatic carboxylic acids is 1. The summed E-state index contributed by atoms with van der Waals surface area (Å²) in [6.07, 6.45) is 2.02. The number of carbonyl (C=O) groups is 1. The van der Waals surface area contributed by atoms with Gasteiger partial charge in [0.25, 0.3) is 0 Å². The summed E-state index contributed by atoms with van der Waals surface area (Å²) < 4.78 is 6.78. The van der Waals surface area contributed by atoms with Crippen LogP contribution in [0.15, 0.2) is 77.3 Å². The smallest absolute Gasteiger partial charge is 0.328 e. The number of para-hydroxylation sites is 1. The molecule has 5 heteroatoms. The Morgan fingerprint density at radius 2 is 1.80 bits per heavy atom. The second-order valence-corrected chi connectivity index (χ2v) is 8.46. The summed E-state index contributed by atoms with van der Waals surface area (Å²) in [6.45, 7) is 0. The molecule has 3 aromatic carbocycles. The molecule has 0 spiro atoms. The van der Waals surface area contributed by atoms with Crippen LogP contribution in [0, 0.1) is 17.2 Å². The quantitative estimate of drug-likeness (QED) is 0.462. The average Bonchev–Trinajstić information content (AvgIpc) is 3.57. The molecule has 1 saturated carbocycles. The van der Waals surface area contributed by atoms with Crippen LogP contribution in [-0.4, -0.2) is 11.1 Å². The largest absolute Gasteiger partial charge is 0.480 e. The van der Waals surface area contributed by atoms with Crippen LogP contribution in [0.2, 0.25) is 0 Å². The van der Waals surface area contributed by atoms with E-state index >= 15 is 0 Å². The number of rotatable bonds is 7. The van der Waals surface area contributed by atoms with Crippen molar-refractivity contribution in [1.29, 1.82) is 5.26 Å². The normalized spacial score (nSPS) is 15.1. The lowest BCUT2D eigenvalue weighted by molar-refractivity contribution is -0.142. The van der Waals surface area contributed by atoms with Crippen molar-refractivity contribution >= 4 is 21.9 Å². The SMILES string of the molecule is N#CC(C(=O)O)(c1ccc(Br)cc1Cc1cccc(Oc2ccccc2)c1)C1CC1. The number of nitrogens with zero attached hydrogens (tertiary/aromatic N) is 1. The van der Waals surface area contributed by atoms with Gasteiger partial charge < -0.3 is 9.84 Å². The van der Waals surface area contributed by atoms with E-state index in [2.05, 4.69) is 22.0 Å². The highest BCUT2D eigenvalue weighted by molar-refractivity contribution is 9.10. The van der Waals surface area contributed by atoms with Crippen molar-refractivity contribution in [3.05, 3.63) is 94.0 Å². The molecule has 0 radical (unpaired) electrons. The first-order valence-electron chi connectivity index (χ1n) is 9.78. The molecule has 1 N–H and O–H groups in total. The molecule has 3 aromatic rings. The molecule has 0 aromatic heterocycles. The van der Waals surface area contributed by atoms with Gasteiger partial charge in [0, 0.05) is 4.47 Å². The maximum Gasteiger partial charge on any atom is 0.328 e. The minimum absolute atomic E-state index is 0.146. The van der Waals surface area contributed by atoms with Crippen molar-refractivity contribution in [3.63, 3.8) is 0 Å². The van der Waals surface area contributed by atoms with Gasteiger partial charge >= 0.3 is 5.97 Å². The molecule has 4 nitrogen and oxygen atoms in total. The lowest BCUT2D eigenvalue weighted by Crippen LogP contribution is -2.37. The molecular formula is C25H20BrNO3. The van der Waals surface area contributed by atoms with Crippen LogP contribution in [0.1, 0.15) is 29.5 Å². The Labute approximate surface area is 183 Å². The summed E-state index contributed by atoms with van der Waals surface area (Å²) in [4.78, 5) is 12.2. The van der Waals surface area contributed by atoms with Crippen molar-refractivity contribution in [2.45, 2.75) is 24.7 Å². The number of halogens is 1. The topological polar surface area (TPSA) is 70.3 Å². The summed E-state index contributed by atoms with van der Waals surface area (Å²) in [5, 5.41) is 19.9. The maximum atomic E-state index is 12.2. The molecule has 150 valence electrons. The lowest BCUT2D eigenvalue weighted by atomic mass is 9.74. The van der Waals surface area contributed by atoms with Gasteiger partial charge in [-0.3, -0.25) is 4.79 Å². The molecular weight excluding hydrogens is 442 g/mol. The predicted molar refractivity (Wildman–Crippen MR) is 118 cm³/mol. The van der Waals surface area contributed by atoms with E-state index in [-0.39, 0.29) is 5.92 Å². The van der Waals surface area contributed by atoms with Crippen molar-refractivity contribution in [1.82, 2.24) is 0 Å². The van der Waals surface area contributed by atoms with Crippen LogP contribution in [-0.2, 0) is 16.6 Å². The summed E-state index contributed by atoms with van der Waals surface area (Å²) in [6, 6.07) is 24.9. The third-order valence-electron chi connectivity index (χ3n) is 5.47. The van der Waals surface area contributed by atoms with Crippen molar-refractivity contribution in [2.24, 2.45) is 5.92 Å². The predicted octanol–water partition coefficient (Wildman–Crippen LogP) is 6.09. The Kier molecular flexibility index (Phi) is 5.61. The molecule has 1 aliphatic rings. The van der Waals surface area contributed by atoms with Crippen LogP contribution in [0.25, 0.3) is 0 Å². The monoisotopic (exact) mass is 461 g/mol. The first kappa shape index (κ1) is 20.2. The fourth-order valence-corrected chi connectivity index (χ4v) is 4.29. The molecule has 0 saturated heterocycles. The molecule has 1 unspecified atom stereocenters. The van der Waals surface area contributed by atoms with Gasteiger partial charge in [0.05, 0.1) is 6.07 Å². The molecule has 1 aliphatic carbocycles. The van der Waals surface area contributed by atoms with Gasteiger partial charge in [0.1, 0.15) is 11.5 Å². The fraction of sp³-hybridized carbons (Fsp3) is 0.200. The minimum Gasteiger partial charge on any atom is -0.480 e. The number of benzene rings is 3. The molecule has 0 amide bonds. The lowest BCUT2D eigenvalue weighted by Gasteiger charge is -2.25. The summed E-state index contributed by atoms with van der Waals surface area (Å²) in [7, 11) is 0. The van der Waals surface area contributed by atoms with E-state index in [1.54, 1.807) is 6.07 Å². The van der Waals surface area contributed by atoms with Crippen molar-refractivity contribution in [2.75, 3.05) is 0 Å². The van der Waals surface area contributed by atoms with Crippen molar-refractivity contribution in [3.8, 4) is 17.6 Å².